The van der Waals surface area contributed by atoms with Gasteiger partial charge in [0.25, 0.3) is 0 Å². The topological polar surface area (TPSA) is 35.9 Å². The zero-order valence-corrected chi connectivity index (χ0v) is 16.4. The van der Waals surface area contributed by atoms with Gasteiger partial charge in [-0.15, -0.1) is 0 Å². The van der Waals surface area contributed by atoms with Crippen LogP contribution in [0.1, 0.15) is 17.5 Å². The first-order valence-corrected chi connectivity index (χ1v) is 9.81. The second-order valence-corrected chi connectivity index (χ2v) is 7.17. The number of aliphatic hydroxyl groups excluding tert-OH is 1. The second-order valence-electron chi connectivity index (χ2n) is 7.17. The van der Waals surface area contributed by atoms with Crippen molar-refractivity contribution in [2.45, 2.75) is 19.0 Å². The third-order valence-corrected chi connectivity index (χ3v) is 5.25. The van der Waals surface area contributed by atoms with Crippen LogP contribution in [0.15, 0.2) is 54.6 Å². The molecule has 0 radical (unpaired) electrons. The maximum atomic E-state index is 13.1. The van der Waals surface area contributed by atoms with E-state index in [9.17, 15) is 9.50 Å². The highest BCUT2D eigenvalue weighted by Gasteiger charge is 2.26. The first kappa shape index (κ1) is 20.5. The van der Waals surface area contributed by atoms with Gasteiger partial charge in [-0.3, -0.25) is 9.80 Å². The molecule has 28 heavy (non-hydrogen) atoms. The summed E-state index contributed by atoms with van der Waals surface area (Å²) in [6, 6.07) is 15.0. The monoisotopic (exact) mass is 384 g/mol. The zero-order chi connectivity index (χ0) is 19.8. The SMILES string of the molecule is COc1ccccc1C=CCN1CCN(Cc2ccc(F)cc2)C(CCO)C1. The van der Waals surface area contributed by atoms with E-state index in [-0.39, 0.29) is 12.4 Å². The fourth-order valence-electron chi connectivity index (χ4n) is 3.71. The van der Waals surface area contributed by atoms with E-state index in [1.807, 2.05) is 36.4 Å². The standard InChI is InChI=1S/C23H29FN2O2/c1-28-23-7-3-2-5-20(23)6-4-13-25-14-15-26(22(18-25)12-16-27)17-19-8-10-21(24)11-9-19/h2-11,22,27H,12-18H2,1H3. The molecule has 0 aromatic heterocycles. The van der Waals surface area contributed by atoms with Gasteiger partial charge in [-0.25, -0.2) is 4.39 Å². The molecule has 0 bridgehead atoms. The van der Waals surface area contributed by atoms with E-state index in [0.29, 0.717) is 6.04 Å². The zero-order valence-electron chi connectivity index (χ0n) is 16.4. The van der Waals surface area contributed by atoms with E-state index in [1.165, 1.54) is 12.1 Å². The van der Waals surface area contributed by atoms with Crippen molar-refractivity contribution in [2.24, 2.45) is 0 Å². The van der Waals surface area contributed by atoms with Gasteiger partial charge in [-0.05, 0) is 30.2 Å². The largest absolute Gasteiger partial charge is 0.496 e. The Balaban J connectivity index is 1.57. The molecular formula is C23H29FN2O2. The van der Waals surface area contributed by atoms with Gasteiger partial charge < -0.3 is 9.84 Å². The predicted octanol–water partition coefficient (Wildman–Crippen LogP) is 3.42. The minimum absolute atomic E-state index is 0.176. The lowest BCUT2D eigenvalue weighted by atomic mass is 10.1. The van der Waals surface area contributed by atoms with Crippen LogP contribution in [0.5, 0.6) is 5.75 Å². The fourth-order valence-corrected chi connectivity index (χ4v) is 3.71. The summed E-state index contributed by atoms with van der Waals surface area (Å²) < 4.78 is 18.5. The molecule has 1 aliphatic heterocycles. The van der Waals surface area contributed by atoms with Gasteiger partial charge in [0, 0.05) is 50.9 Å². The Labute approximate surface area is 166 Å². The highest BCUT2D eigenvalue weighted by Crippen LogP contribution is 2.20. The van der Waals surface area contributed by atoms with E-state index in [1.54, 1.807) is 7.11 Å². The Morgan fingerprint density at radius 1 is 1.14 bits per heavy atom. The van der Waals surface area contributed by atoms with Gasteiger partial charge in [-0.2, -0.15) is 0 Å². The number of halogens is 1. The predicted molar refractivity (Wildman–Crippen MR) is 111 cm³/mol. The maximum absolute atomic E-state index is 13.1. The number of rotatable bonds is 8. The first-order valence-electron chi connectivity index (χ1n) is 9.81. The number of hydrogen-bond donors (Lipinski definition) is 1. The molecule has 1 saturated heterocycles. The Kier molecular flexibility index (Phi) is 7.60. The van der Waals surface area contributed by atoms with Crippen molar-refractivity contribution in [3.8, 4) is 5.75 Å². The lowest BCUT2D eigenvalue weighted by Crippen LogP contribution is -2.52. The van der Waals surface area contributed by atoms with Crippen molar-refractivity contribution in [2.75, 3.05) is 39.9 Å². The molecule has 2 aromatic rings. The lowest BCUT2D eigenvalue weighted by Gasteiger charge is -2.41. The summed E-state index contributed by atoms with van der Waals surface area (Å²) in [4.78, 5) is 4.80. The smallest absolute Gasteiger partial charge is 0.126 e. The quantitative estimate of drug-likeness (QED) is 0.757. The number of hydrogen-bond acceptors (Lipinski definition) is 4. The third-order valence-electron chi connectivity index (χ3n) is 5.25. The van der Waals surface area contributed by atoms with Crippen molar-refractivity contribution < 1.29 is 14.2 Å². The van der Waals surface area contributed by atoms with Crippen molar-refractivity contribution in [1.29, 1.82) is 0 Å². The molecule has 0 saturated carbocycles. The molecule has 2 aromatic carbocycles. The summed E-state index contributed by atoms with van der Waals surface area (Å²) in [6.45, 7) is 4.65. The van der Waals surface area contributed by atoms with Crippen LogP contribution in [-0.4, -0.2) is 60.8 Å². The van der Waals surface area contributed by atoms with E-state index in [0.717, 1.165) is 56.0 Å². The number of para-hydroxylation sites is 1. The highest BCUT2D eigenvalue weighted by molar-refractivity contribution is 5.57. The summed E-state index contributed by atoms with van der Waals surface area (Å²) >= 11 is 0. The van der Waals surface area contributed by atoms with Crippen LogP contribution in [-0.2, 0) is 6.54 Å². The summed E-state index contributed by atoms with van der Waals surface area (Å²) in [5.41, 5.74) is 2.18. The Morgan fingerprint density at radius 3 is 2.68 bits per heavy atom. The molecule has 1 atom stereocenters. The van der Waals surface area contributed by atoms with Gasteiger partial charge in [0.1, 0.15) is 11.6 Å². The molecule has 1 aliphatic rings. The number of methoxy groups -OCH3 is 1. The van der Waals surface area contributed by atoms with Crippen LogP contribution < -0.4 is 4.74 Å². The average molecular weight is 384 g/mol. The molecule has 3 rings (SSSR count). The van der Waals surface area contributed by atoms with Gasteiger partial charge in [0.05, 0.1) is 7.11 Å². The van der Waals surface area contributed by atoms with Crippen molar-refractivity contribution in [3.05, 3.63) is 71.6 Å². The third kappa shape index (κ3) is 5.64. The average Bonchev–Trinajstić information content (AvgIpc) is 2.72. The van der Waals surface area contributed by atoms with Gasteiger partial charge in [0.15, 0.2) is 0 Å². The van der Waals surface area contributed by atoms with E-state index < -0.39 is 0 Å². The van der Waals surface area contributed by atoms with Crippen LogP contribution in [0, 0.1) is 5.82 Å². The first-order chi connectivity index (χ1) is 13.7. The Morgan fingerprint density at radius 2 is 1.93 bits per heavy atom. The molecule has 150 valence electrons. The van der Waals surface area contributed by atoms with Gasteiger partial charge in [0.2, 0.25) is 0 Å². The van der Waals surface area contributed by atoms with Crippen LogP contribution in [0.3, 0.4) is 0 Å². The molecule has 0 aliphatic carbocycles. The Hall–Kier alpha value is -2.21. The maximum Gasteiger partial charge on any atom is 0.126 e. The van der Waals surface area contributed by atoms with Crippen molar-refractivity contribution in [3.63, 3.8) is 0 Å². The fraction of sp³-hybridized carbons (Fsp3) is 0.391. The van der Waals surface area contributed by atoms with Crippen LogP contribution in [0.2, 0.25) is 0 Å². The summed E-state index contributed by atoms with van der Waals surface area (Å²) in [7, 11) is 1.69. The summed E-state index contributed by atoms with van der Waals surface area (Å²) in [5, 5.41) is 9.48. The summed E-state index contributed by atoms with van der Waals surface area (Å²) in [6.07, 6.45) is 5.02. The molecule has 1 fully saturated rings. The molecular weight excluding hydrogens is 355 g/mol. The Bertz CT molecular complexity index is 763. The van der Waals surface area contributed by atoms with E-state index in [4.69, 9.17) is 4.74 Å². The number of nitrogens with zero attached hydrogens (tertiary/aromatic N) is 2. The second kappa shape index (κ2) is 10.4. The van der Waals surface area contributed by atoms with Gasteiger partial charge >= 0.3 is 0 Å². The van der Waals surface area contributed by atoms with Crippen molar-refractivity contribution >= 4 is 6.08 Å². The normalized spacial score (nSPS) is 18.6. The molecule has 1 N–H and O–H groups in total. The molecule has 0 amide bonds. The van der Waals surface area contributed by atoms with Crippen LogP contribution in [0.25, 0.3) is 6.08 Å². The van der Waals surface area contributed by atoms with Gasteiger partial charge in [-0.1, -0.05) is 42.5 Å². The highest BCUT2D eigenvalue weighted by atomic mass is 19.1. The summed E-state index contributed by atoms with van der Waals surface area (Å²) in [5.74, 6) is 0.670. The molecule has 1 heterocycles. The van der Waals surface area contributed by atoms with E-state index in [2.05, 4.69) is 22.0 Å². The van der Waals surface area contributed by atoms with Crippen LogP contribution in [0.4, 0.5) is 4.39 Å². The van der Waals surface area contributed by atoms with Crippen LogP contribution >= 0.6 is 0 Å². The minimum Gasteiger partial charge on any atom is -0.496 e. The number of aliphatic hydroxyl groups is 1. The molecule has 0 spiro atoms. The number of ether oxygens (including phenoxy) is 1. The molecule has 4 nitrogen and oxygen atoms in total. The molecule has 1 unspecified atom stereocenters. The molecule has 5 heteroatoms. The minimum atomic E-state index is -0.206. The van der Waals surface area contributed by atoms with E-state index >= 15 is 0 Å². The lowest BCUT2D eigenvalue weighted by molar-refractivity contribution is 0.0596. The number of piperazine rings is 1. The van der Waals surface area contributed by atoms with Crippen molar-refractivity contribution in [1.82, 2.24) is 9.80 Å². The number of benzene rings is 2.